The van der Waals surface area contributed by atoms with Gasteiger partial charge < -0.3 is 10.4 Å². The number of hydrogen-bond acceptors (Lipinski definition) is 5. The minimum absolute atomic E-state index is 0.130. The van der Waals surface area contributed by atoms with Gasteiger partial charge in [-0.1, -0.05) is 19.9 Å². The van der Waals surface area contributed by atoms with Crippen LogP contribution in [0.15, 0.2) is 30.5 Å². The second-order valence-corrected chi connectivity index (χ2v) is 8.41. The Hall–Kier alpha value is -2.31. The van der Waals surface area contributed by atoms with Gasteiger partial charge in [-0.2, -0.15) is 0 Å². The molecule has 0 spiro atoms. The number of nitrogens with one attached hydrogen (secondary N) is 2. The van der Waals surface area contributed by atoms with Crippen molar-refractivity contribution in [3.05, 3.63) is 41.6 Å². The first-order chi connectivity index (χ1) is 13.4. The number of amides is 2. The Bertz CT molecular complexity index is 926. The molecule has 2 aromatic rings. The average Bonchev–Trinajstić information content (AvgIpc) is 2.67. The molecular weight excluding hydrogens is 354 g/mol. The highest BCUT2D eigenvalue weighted by Gasteiger charge is 2.42. The molecule has 0 aliphatic carbocycles. The summed E-state index contributed by atoms with van der Waals surface area (Å²) in [5, 5.41) is 18.3. The maximum atomic E-state index is 12.2. The van der Waals surface area contributed by atoms with Crippen LogP contribution in [0.3, 0.4) is 0 Å². The third-order valence-corrected chi connectivity index (χ3v) is 6.31. The molecule has 4 rings (SSSR count). The molecule has 1 aromatic carbocycles. The highest BCUT2D eigenvalue weighted by atomic mass is 16.3. The monoisotopic (exact) mass is 381 g/mol. The number of carbonyl (C=O) groups is 2. The zero-order chi connectivity index (χ0) is 19.9. The minimum atomic E-state index is -0.877. The van der Waals surface area contributed by atoms with Gasteiger partial charge in [0.1, 0.15) is 0 Å². The van der Waals surface area contributed by atoms with Crippen molar-refractivity contribution in [1.82, 2.24) is 15.6 Å². The lowest BCUT2D eigenvalue weighted by molar-refractivity contribution is -0.134. The van der Waals surface area contributed by atoms with Crippen molar-refractivity contribution < 1.29 is 14.7 Å². The zero-order valence-corrected chi connectivity index (χ0v) is 16.4. The normalized spacial score (nSPS) is 28.6. The van der Waals surface area contributed by atoms with Crippen molar-refractivity contribution in [2.45, 2.75) is 44.6 Å². The van der Waals surface area contributed by atoms with E-state index >= 15 is 0 Å². The topological polar surface area (TPSA) is 91.3 Å². The number of imide groups is 1. The molecule has 148 valence electrons. The number of fused-ring (bicyclic) bond motifs is 1. The summed E-state index contributed by atoms with van der Waals surface area (Å²) in [5.74, 6) is -0.356. The van der Waals surface area contributed by atoms with E-state index in [1.165, 1.54) is 0 Å². The van der Waals surface area contributed by atoms with Crippen molar-refractivity contribution in [3.63, 3.8) is 0 Å². The lowest BCUT2D eigenvalue weighted by atomic mass is 9.71. The van der Waals surface area contributed by atoms with Crippen molar-refractivity contribution in [2.24, 2.45) is 11.8 Å². The van der Waals surface area contributed by atoms with E-state index in [1.54, 1.807) is 6.20 Å². The molecule has 0 radical (unpaired) electrons. The van der Waals surface area contributed by atoms with Crippen LogP contribution in [0.4, 0.5) is 0 Å². The van der Waals surface area contributed by atoms with Crippen molar-refractivity contribution in [3.8, 4) is 0 Å². The predicted octanol–water partition coefficient (Wildman–Crippen LogP) is 2.21. The molecule has 2 aliphatic rings. The van der Waals surface area contributed by atoms with Gasteiger partial charge in [0.05, 0.1) is 17.0 Å². The van der Waals surface area contributed by atoms with Crippen molar-refractivity contribution in [2.75, 3.05) is 13.1 Å². The highest BCUT2D eigenvalue weighted by molar-refractivity contribution is 6.01. The van der Waals surface area contributed by atoms with E-state index in [9.17, 15) is 14.7 Å². The van der Waals surface area contributed by atoms with Crippen LogP contribution in [-0.2, 0) is 15.2 Å². The van der Waals surface area contributed by atoms with Gasteiger partial charge in [0.25, 0.3) is 0 Å². The summed E-state index contributed by atoms with van der Waals surface area (Å²) in [7, 11) is 0. The summed E-state index contributed by atoms with van der Waals surface area (Å²) in [4.78, 5) is 28.2. The summed E-state index contributed by atoms with van der Waals surface area (Å²) >= 11 is 0. The maximum Gasteiger partial charge on any atom is 0.234 e. The molecule has 2 aliphatic heterocycles. The fourth-order valence-electron chi connectivity index (χ4n) is 4.66. The number of rotatable bonds is 3. The molecule has 6 nitrogen and oxygen atoms in total. The van der Waals surface area contributed by atoms with E-state index in [-0.39, 0.29) is 23.7 Å². The van der Waals surface area contributed by atoms with Gasteiger partial charge in [0.2, 0.25) is 11.8 Å². The first-order valence-electron chi connectivity index (χ1n) is 10.1. The van der Waals surface area contributed by atoms with E-state index in [2.05, 4.69) is 29.5 Å². The number of benzene rings is 1. The number of nitrogens with zero attached hydrogens (tertiary/aromatic N) is 1. The van der Waals surface area contributed by atoms with E-state index in [4.69, 9.17) is 0 Å². The Labute approximate surface area is 164 Å². The fraction of sp³-hybridized carbons (Fsp3) is 0.500. The van der Waals surface area contributed by atoms with E-state index in [1.807, 2.05) is 24.3 Å². The van der Waals surface area contributed by atoms with Crippen molar-refractivity contribution >= 4 is 22.7 Å². The molecule has 3 N–H and O–H groups in total. The van der Waals surface area contributed by atoms with Crippen LogP contribution in [0.25, 0.3) is 10.9 Å². The molecule has 2 amide bonds. The summed E-state index contributed by atoms with van der Waals surface area (Å²) in [5.41, 5.74) is 1.67. The zero-order valence-electron chi connectivity index (χ0n) is 16.4. The smallest absolute Gasteiger partial charge is 0.234 e. The van der Waals surface area contributed by atoms with Crippen LogP contribution in [0.5, 0.6) is 0 Å². The molecule has 2 saturated heterocycles. The quantitative estimate of drug-likeness (QED) is 0.709. The number of carbonyl (C=O) groups excluding carboxylic acids is 2. The summed E-state index contributed by atoms with van der Waals surface area (Å²) in [6.45, 7) is 5.87. The lowest BCUT2D eigenvalue weighted by Gasteiger charge is -2.43. The molecule has 3 unspecified atom stereocenters. The maximum absolute atomic E-state index is 12.2. The predicted molar refractivity (Wildman–Crippen MR) is 107 cm³/mol. The van der Waals surface area contributed by atoms with Gasteiger partial charge in [-0.15, -0.1) is 0 Å². The molecule has 3 atom stereocenters. The summed E-state index contributed by atoms with van der Waals surface area (Å²) in [6, 6.07) is 7.90. The largest absolute Gasteiger partial charge is 0.385 e. The number of aromatic nitrogens is 1. The summed E-state index contributed by atoms with van der Waals surface area (Å²) in [6.07, 6.45) is 3.24. The third kappa shape index (κ3) is 3.31. The van der Waals surface area contributed by atoms with Crippen LogP contribution in [0.1, 0.15) is 50.2 Å². The minimum Gasteiger partial charge on any atom is -0.385 e. The van der Waals surface area contributed by atoms with E-state index in [0.717, 1.165) is 35.1 Å². The van der Waals surface area contributed by atoms with Gasteiger partial charge in [-0.25, -0.2) is 0 Å². The van der Waals surface area contributed by atoms with E-state index in [0.29, 0.717) is 25.2 Å². The van der Waals surface area contributed by atoms with Crippen molar-refractivity contribution in [1.29, 1.82) is 0 Å². The molecule has 2 fully saturated rings. The average molecular weight is 381 g/mol. The first kappa shape index (κ1) is 19.0. The Morgan fingerprint density at radius 2 is 2.07 bits per heavy atom. The van der Waals surface area contributed by atoms with Crippen LogP contribution in [0.2, 0.25) is 0 Å². The third-order valence-electron chi connectivity index (χ3n) is 6.31. The molecule has 6 heteroatoms. The Morgan fingerprint density at radius 1 is 1.25 bits per heavy atom. The fourth-order valence-corrected chi connectivity index (χ4v) is 4.66. The Kier molecular flexibility index (Phi) is 4.93. The standard InChI is InChI=1S/C22H27N3O3/c1-13(2)18-12-23-8-7-22(18,28)16-3-5-19-14(10-16)9-15(11-24-19)17-4-6-20(26)25-21(17)27/h3,5,9-11,13,17-18,23,28H,4,6-8,12H2,1-2H3,(H,25,26,27). The Balaban J connectivity index is 1.72. The highest BCUT2D eigenvalue weighted by Crippen LogP contribution is 2.40. The van der Waals surface area contributed by atoms with Gasteiger partial charge in [-0.05, 0) is 54.6 Å². The summed E-state index contributed by atoms with van der Waals surface area (Å²) < 4.78 is 0. The van der Waals surface area contributed by atoms with Gasteiger partial charge in [0.15, 0.2) is 0 Å². The van der Waals surface area contributed by atoms with Crippen LogP contribution < -0.4 is 10.6 Å². The Morgan fingerprint density at radius 3 is 2.82 bits per heavy atom. The number of hydrogen-bond donors (Lipinski definition) is 3. The molecule has 1 aromatic heterocycles. The van der Waals surface area contributed by atoms with E-state index < -0.39 is 5.60 Å². The van der Waals surface area contributed by atoms with Gasteiger partial charge in [-0.3, -0.25) is 19.9 Å². The number of pyridine rings is 1. The number of aliphatic hydroxyl groups is 1. The van der Waals surface area contributed by atoms with Gasteiger partial charge >= 0.3 is 0 Å². The molecular formula is C22H27N3O3. The molecule has 28 heavy (non-hydrogen) atoms. The van der Waals surface area contributed by atoms with Crippen LogP contribution >= 0.6 is 0 Å². The van der Waals surface area contributed by atoms with Gasteiger partial charge in [0, 0.05) is 30.5 Å². The molecule has 3 heterocycles. The molecule has 0 saturated carbocycles. The number of piperidine rings is 2. The second-order valence-electron chi connectivity index (χ2n) is 8.41. The first-order valence-corrected chi connectivity index (χ1v) is 10.1. The second kappa shape index (κ2) is 7.26. The lowest BCUT2D eigenvalue weighted by Crippen LogP contribution is -2.50. The van der Waals surface area contributed by atoms with Crippen LogP contribution in [0, 0.1) is 11.8 Å². The molecule has 0 bridgehead atoms. The van der Waals surface area contributed by atoms with Crippen LogP contribution in [-0.4, -0.2) is 35.0 Å². The SMILES string of the molecule is CC(C)C1CNCCC1(O)c1ccc2ncc(C3CCC(=O)NC3=O)cc2c1.